The van der Waals surface area contributed by atoms with Gasteiger partial charge in [-0.25, -0.2) is 4.99 Å². The van der Waals surface area contributed by atoms with E-state index >= 15 is 0 Å². The Labute approximate surface area is 185 Å². The zero-order chi connectivity index (χ0) is 19.3. The predicted octanol–water partition coefficient (Wildman–Crippen LogP) is 2.16. The minimum atomic E-state index is 0. The molecule has 2 saturated carbocycles. The molecule has 9 heteroatoms. The fourth-order valence-corrected chi connectivity index (χ4v) is 4.12. The summed E-state index contributed by atoms with van der Waals surface area (Å²) in [6.07, 6.45) is 6.18. The average molecular weight is 506 g/mol. The molecule has 2 atom stereocenters. The molecule has 0 aliphatic heterocycles. The van der Waals surface area contributed by atoms with E-state index in [4.69, 9.17) is 14.5 Å². The Bertz CT molecular complexity index is 646. The van der Waals surface area contributed by atoms with Crippen LogP contribution < -0.4 is 10.6 Å². The molecular formula is C19H35IN6O2. The van der Waals surface area contributed by atoms with Crippen molar-refractivity contribution >= 4 is 29.9 Å². The van der Waals surface area contributed by atoms with E-state index in [1.165, 1.54) is 19.3 Å². The third-order valence-corrected chi connectivity index (χ3v) is 6.13. The van der Waals surface area contributed by atoms with Gasteiger partial charge in [-0.1, -0.05) is 6.42 Å². The topological polar surface area (TPSA) is 85.6 Å². The van der Waals surface area contributed by atoms with Crippen molar-refractivity contribution < 1.29 is 9.47 Å². The Morgan fingerprint density at radius 3 is 2.71 bits per heavy atom. The van der Waals surface area contributed by atoms with Gasteiger partial charge in [0.05, 0.1) is 6.10 Å². The number of aromatic nitrogens is 3. The molecule has 28 heavy (non-hydrogen) atoms. The van der Waals surface area contributed by atoms with E-state index in [1.807, 2.05) is 18.5 Å². The van der Waals surface area contributed by atoms with Gasteiger partial charge in [0, 0.05) is 45.4 Å². The lowest BCUT2D eigenvalue weighted by molar-refractivity contribution is -0.168. The van der Waals surface area contributed by atoms with E-state index in [0.29, 0.717) is 24.1 Å². The summed E-state index contributed by atoms with van der Waals surface area (Å²) in [6.45, 7) is 6.90. The molecule has 2 unspecified atom stereocenters. The zero-order valence-electron chi connectivity index (χ0n) is 17.5. The maximum absolute atomic E-state index is 5.97. The summed E-state index contributed by atoms with van der Waals surface area (Å²) in [5.41, 5.74) is 0.298. The van der Waals surface area contributed by atoms with Crippen molar-refractivity contribution in [3.8, 4) is 0 Å². The van der Waals surface area contributed by atoms with Crippen LogP contribution in [0.25, 0.3) is 0 Å². The molecule has 0 bridgehead atoms. The molecule has 2 fully saturated rings. The molecular weight excluding hydrogens is 471 g/mol. The summed E-state index contributed by atoms with van der Waals surface area (Å²) < 4.78 is 13.1. The summed E-state index contributed by atoms with van der Waals surface area (Å²) in [5.74, 6) is 2.61. The molecule has 2 aliphatic carbocycles. The first-order valence-electron chi connectivity index (χ1n) is 10.1. The summed E-state index contributed by atoms with van der Waals surface area (Å²) in [5, 5.41) is 15.4. The number of aryl methyl sites for hydroxylation is 1. The number of hydrogen-bond acceptors (Lipinski definition) is 5. The Hall–Kier alpha value is -0.940. The molecule has 2 N–H and O–H groups in total. The van der Waals surface area contributed by atoms with Gasteiger partial charge in [0.2, 0.25) is 0 Å². The second kappa shape index (κ2) is 10.7. The molecule has 160 valence electrons. The van der Waals surface area contributed by atoms with Gasteiger partial charge in [0.15, 0.2) is 11.8 Å². The Kier molecular flexibility index (Phi) is 8.94. The van der Waals surface area contributed by atoms with Crippen molar-refractivity contribution in [3.05, 3.63) is 11.6 Å². The quantitative estimate of drug-likeness (QED) is 0.231. The minimum Gasteiger partial charge on any atom is -0.385 e. The van der Waals surface area contributed by atoms with E-state index in [9.17, 15) is 0 Å². The van der Waals surface area contributed by atoms with Crippen LogP contribution in [0.3, 0.4) is 0 Å². The number of nitrogens with zero attached hydrogens (tertiary/aromatic N) is 4. The lowest BCUT2D eigenvalue weighted by Crippen LogP contribution is -2.68. The van der Waals surface area contributed by atoms with Gasteiger partial charge >= 0.3 is 0 Å². The molecule has 0 aromatic carbocycles. The third kappa shape index (κ3) is 4.96. The van der Waals surface area contributed by atoms with E-state index in [2.05, 4.69) is 27.8 Å². The Morgan fingerprint density at radius 1 is 1.36 bits per heavy atom. The Morgan fingerprint density at radius 2 is 2.14 bits per heavy atom. The molecule has 0 amide bonds. The second-order valence-electron chi connectivity index (χ2n) is 7.62. The minimum absolute atomic E-state index is 0. The van der Waals surface area contributed by atoms with Gasteiger partial charge in [-0.15, -0.1) is 34.2 Å². The van der Waals surface area contributed by atoms with Crippen molar-refractivity contribution in [2.24, 2.45) is 17.5 Å². The van der Waals surface area contributed by atoms with Crippen molar-refractivity contribution in [2.45, 2.75) is 64.6 Å². The highest BCUT2D eigenvalue weighted by atomic mass is 127. The van der Waals surface area contributed by atoms with Gasteiger partial charge < -0.3 is 24.7 Å². The molecule has 3 rings (SSSR count). The number of methoxy groups -OCH3 is 1. The molecule has 0 radical (unpaired) electrons. The van der Waals surface area contributed by atoms with Crippen LogP contribution in [-0.4, -0.2) is 59.7 Å². The molecule has 2 aliphatic rings. The van der Waals surface area contributed by atoms with Gasteiger partial charge in [0.25, 0.3) is 0 Å². The normalized spacial score (nSPS) is 22.9. The molecule has 1 spiro atoms. The SMILES string of the molecule is CCOC1CC(NC(=NCc2nnc(C)n2C)NCCCOC)C12CCC2.I. The molecule has 8 nitrogen and oxygen atoms in total. The van der Waals surface area contributed by atoms with Crippen LogP contribution in [0.2, 0.25) is 0 Å². The van der Waals surface area contributed by atoms with Gasteiger partial charge in [-0.2, -0.15) is 0 Å². The Balaban J connectivity index is 0.00000280. The van der Waals surface area contributed by atoms with Crippen molar-refractivity contribution in [1.82, 2.24) is 25.4 Å². The average Bonchev–Trinajstić information content (AvgIpc) is 2.92. The maximum Gasteiger partial charge on any atom is 0.191 e. The number of aliphatic imine (C=N–C) groups is 1. The van der Waals surface area contributed by atoms with Crippen LogP contribution in [-0.2, 0) is 23.1 Å². The van der Waals surface area contributed by atoms with Crippen LogP contribution in [0.15, 0.2) is 4.99 Å². The highest BCUT2D eigenvalue weighted by molar-refractivity contribution is 14.0. The number of guanidine groups is 1. The first kappa shape index (κ1) is 23.3. The first-order valence-corrected chi connectivity index (χ1v) is 10.1. The third-order valence-electron chi connectivity index (χ3n) is 6.13. The van der Waals surface area contributed by atoms with E-state index in [0.717, 1.165) is 50.2 Å². The standard InChI is InChI=1S/C19H34N6O2.HI/c1-5-27-16-12-15(19(16)8-6-9-19)22-18(20-10-7-11-26-4)21-13-17-24-23-14(2)25(17)3;/h15-16H,5-13H2,1-4H3,(H2,20,21,22);1H. The number of ether oxygens (including phenoxy) is 2. The summed E-state index contributed by atoms with van der Waals surface area (Å²) in [7, 11) is 3.70. The zero-order valence-corrected chi connectivity index (χ0v) is 19.9. The highest BCUT2D eigenvalue weighted by Gasteiger charge is 2.59. The van der Waals surface area contributed by atoms with Crippen LogP contribution in [0.1, 0.15) is 50.7 Å². The van der Waals surface area contributed by atoms with Gasteiger partial charge in [0.1, 0.15) is 12.4 Å². The number of halogens is 1. The molecule has 1 aromatic heterocycles. The van der Waals surface area contributed by atoms with E-state index in [1.54, 1.807) is 7.11 Å². The van der Waals surface area contributed by atoms with Crippen LogP contribution in [0.4, 0.5) is 0 Å². The van der Waals surface area contributed by atoms with Crippen LogP contribution >= 0.6 is 24.0 Å². The monoisotopic (exact) mass is 506 g/mol. The lowest BCUT2D eigenvalue weighted by Gasteiger charge is -2.61. The van der Waals surface area contributed by atoms with Crippen molar-refractivity contribution in [3.63, 3.8) is 0 Å². The maximum atomic E-state index is 5.97. The highest BCUT2D eigenvalue weighted by Crippen LogP contribution is 2.57. The smallest absolute Gasteiger partial charge is 0.191 e. The van der Waals surface area contributed by atoms with Crippen LogP contribution in [0.5, 0.6) is 0 Å². The summed E-state index contributed by atoms with van der Waals surface area (Å²) in [4.78, 5) is 4.77. The fourth-order valence-electron chi connectivity index (χ4n) is 4.12. The number of rotatable bonds is 9. The lowest BCUT2D eigenvalue weighted by atomic mass is 9.51. The van der Waals surface area contributed by atoms with Crippen molar-refractivity contribution in [1.29, 1.82) is 0 Å². The predicted molar refractivity (Wildman–Crippen MR) is 120 cm³/mol. The first-order chi connectivity index (χ1) is 13.1. The van der Waals surface area contributed by atoms with Crippen molar-refractivity contribution in [2.75, 3.05) is 26.9 Å². The summed E-state index contributed by atoms with van der Waals surface area (Å²) >= 11 is 0. The molecule has 1 aromatic rings. The summed E-state index contributed by atoms with van der Waals surface area (Å²) in [6, 6.07) is 0.428. The largest absolute Gasteiger partial charge is 0.385 e. The van der Waals surface area contributed by atoms with Crippen LogP contribution in [0, 0.1) is 12.3 Å². The van der Waals surface area contributed by atoms with E-state index < -0.39 is 0 Å². The fraction of sp³-hybridized carbons (Fsp3) is 0.842. The molecule has 1 heterocycles. The van der Waals surface area contributed by atoms with E-state index in [-0.39, 0.29) is 24.0 Å². The molecule has 0 saturated heterocycles. The second-order valence-corrected chi connectivity index (χ2v) is 7.62. The number of nitrogens with one attached hydrogen (secondary N) is 2. The van der Waals surface area contributed by atoms with Gasteiger partial charge in [-0.05, 0) is 39.5 Å². The number of hydrogen-bond donors (Lipinski definition) is 2. The van der Waals surface area contributed by atoms with Gasteiger partial charge in [-0.3, -0.25) is 0 Å².